The van der Waals surface area contributed by atoms with Crippen LogP contribution in [0.2, 0.25) is 0 Å². The predicted octanol–water partition coefficient (Wildman–Crippen LogP) is 9.06. The first-order valence-electron chi connectivity index (χ1n) is 17.0. The molecule has 7 nitrogen and oxygen atoms in total. The van der Waals surface area contributed by atoms with Crippen molar-refractivity contribution in [3.05, 3.63) is 101 Å². The molecule has 0 unspecified atom stereocenters. The lowest BCUT2D eigenvalue weighted by atomic mass is 9.96. The molecule has 1 aromatic rings. The zero-order valence-electron chi connectivity index (χ0n) is 29.9. The van der Waals surface area contributed by atoms with Crippen LogP contribution in [0.5, 0.6) is 5.75 Å². The Bertz CT molecular complexity index is 1510. The predicted molar refractivity (Wildman–Crippen MR) is 198 cm³/mol. The molecular weight excluding hydrogens is 584 g/mol. The summed E-state index contributed by atoms with van der Waals surface area (Å²) in [5.41, 5.74) is 6.26. The van der Waals surface area contributed by atoms with Gasteiger partial charge < -0.3 is 25.4 Å². The number of allylic oxidation sites excluding steroid dienone is 9. The molecule has 0 atom stereocenters. The molecule has 0 spiro atoms. The first kappa shape index (κ1) is 37.4. The highest BCUT2D eigenvalue weighted by molar-refractivity contribution is 6.04. The minimum absolute atomic E-state index is 0.0612. The summed E-state index contributed by atoms with van der Waals surface area (Å²) in [6.07, 6.45) is 13.7. The Hall–Kier alpha value is -4.10. The molecule has 0 amide bonds. The van der Waals surface area contributed by atoms with Crippen LogP contribution in [-0.2, 0) is 9.53 Å². The summed E-state index contributed by atoms with van der Waals surface area (Å²) >= 11 is 0. The molecule has 2 heterocycles. The number of carbonyl (C=O) groups excluding carboxylic acids is 1. The molecular formula is C40H56N4O3. The van der Waals surface area contributed by atoms with Crippen molar-refractivity contribution in [2.24, 2.45) is 16.8 Å². The van der Waals surface area contributed by atoms with Crippen molar-refractivity contribution in [3.8, 4) is 5.75 Å². The Morgan fingerprint density at radius 2 is 1.81 bits per heavy atom. The summed E-state index contributed by atoms with van der Waals surface area (Å²) in [5.74, 6) is 3.04. The number of nitrogens with zero attached hydrogens (tertiary/aromatic N) is 2. The van der Waals surface area contributed by atoms with Crippen molar-refractivity contribution < 1.29 is 14.6 Å². The Morgan fingerprint density at radius 3 is 2.34 bits per heavy atom. The topological polar surface area (TPSA) is 86.2 Å². The number of ketones is 1. The number of hydrogen-bond acceptors (Lipinski definition) is 7. The molecule has 47 heavy (non-hydrogen) atoms. The number of Topliss-reactive ketones (excluding diaryl/α,β-unsaturated/α-hetero) is 1. The number of benzene rings is 1. The molecule has 2 fully saturated rings. The van der Waals surface area contributed by atoms with E-state index in [1.54, 1.807) is 12.1 Å². The average molecular weight is 641 g/mol. The largest absolute Gasteiger partial charge is 0.506 e. The number of rotatable bonds is 10. The lowest BCUT2D eigenvalue weighted by molar-refractivity contribution is -0.118. The van der Waals surface area contributed by atoms with Crippen molar-refractivity contribution in [2.75, 3.05) is 31.5 Å². The second-order valence-electron chi connectivity index (χ2n) is 13.0. The number of piperazine rings is 1. The summed E-state index contributed by atoms with van der Waals surface area (Å²) < 4.78 is 6.43. The van der Waals surface area contributed by atoms with E-state index in [4.69, 9.17) is 4.74 Å². The number of aromatic hydroxyl groups is 1. The normalized spacial score (nSPS) is 18.5. The Balaban J connectivity index is 0.000000896. The van der Waals surface area contributed by atoms with Gasteiger partial charge in [-0.05, 0) is 86.6 Å². The maximum Gasteiger partial charge on any atom is 0.196 e. The van der Waals surface area contributed by atoms with Crippen molar-refractivity contribution in [3.63, 3.8) is 0 Å². The molecule has 7 heteroatoms. The van der Waals surface area contributed by atoms with Gasteiger partial charge >= 0.3 is 0 Å². The first-order valence-corrected chi connectivity index (χ1v) is 17.0. The van der Waals surface area contributed by atoms with Crippen LogP contribution in [-0.4, -0.2) is 47.7 Å². The van der Waals surface area contributed by atoms with Gasteiger partial charge in [-0.1, -0.05) is 77.8 Å². The van der Waals surface area contributed by atoms with E-state index in [-0.39, 0.29) is 17.5 Å². The van der Waals surface area contributed by atoms with E-state index in [2.05, 4.69) is 40.6 Å². The van der Waals surface area contributed by atoms with Gasteiger partial charge in [0.2, 0.25) is 0 Å². The molecule has 1 saturated heterocycles. The van der Waals surface area contributed by atoms with Crippen LogP contribution < -0.4 is 10.6 Å². The smallest absolute Gasteiger partial charge is 0.196 e. The monoisotopic (exact) mass is 640 g/mol. The maximum absolute atomic E-state index is 12.3. The maximum atomic E-state index is 12.3. The van der Waals surface area contributed by atoms with Crippen molar-refractivity contribution in [1.82, 2.24) is 10.2 Å². The molecule has 0 radical (unpaired) electrons. The molecule has 0 aromatic heterocycles. The minimum Gasteiger partial charge on any atom is -0.506 e. The van der Waals surface area contributed by atoms with Gasteiger partial charge in [-0.15, -0.1) is 0 Å². The number of anilines is 1. The third-order valence-corrected chi connectivity index (χ3v) is 8.84. The lowest BCUT2D eigenvalue weighted by Crippen LogP contribution is -2.43. The summed E-state index contributed by atoms with van der Waals surface area (Å²) in [5, 5.41) is 17.4. The fourth-order valence-electron chi connectivity index (χ4n) is 5.88. The Morgan fingerprint density at radius 1 is 1.15 bits per heavy atom. The average Bonchev–Trinajstić information content (AvgIpc) is 3.54. The Kier molecular flexibility index (Phi) is 14.1. The highest BCUT2D eigenvalue weighted by Crippen LogP contribution is 2.38. The lowest BCUT2D eigenvalue weighted by Gasteiger charge is -2.34. The standard InChI is InChI=1S/C34H44N4O3.C6H12/c1-10-27(18-23(6)33(40)21(3)4)25(8)36-26(9)37-30-13-12-28(20-31(30)39)29(11-2)34-24(7)22(5)19-32(41-34)38-16-14-35-15-17-38;1-6-4-2-3-5-6/h10-13,18-21,35,37,39H,5,9,14-17H2,1-4,6-8H3;6H,2-5H2,1H3/b23-18+,27-10-,29-11-,36-25-;. The summed E-state index contributed by atoms with van der Waals surface area (Å²) in [6, 6.07) is 5.43. The van der Waals surface area contributed by atoms with Gasteiger partial charge in [0.05, 0.1) is 5.69 Å². The molecule has 2 aliphatic heterocycles. The number of hydrogen-bond donors (Lipinski definition) is 3. The van der Waals surface area contributed by atoms with Gasteiger partial charge in [0.25, 0.3) is 0 Å². The fourth-order valence-corrected chi connectivity index (χ4v) is 5.88. The van der Waals surface area contributed by atoms with E-state index in [9.17, 15) is 9.90 Å². The fraction of sp³-hybridized carbons (Fsp3) is 0.450. The molecule has 254 valence electrons. The first-order chi connectivity index (χ1) is 22.4. The molecule has 1 aromatic carbocycles. The SMILES string of the molecule is C=C(\N=C(C)/C(=C\C)/C=C(\C)C(=O)C(C)C)Nc1ccc(/C(=C/C)C2=C(C)C(=C)C=C(N3CCNCC3)O2)cc1O.CC1CCCC1. The molecule has 3 N–H and O–H groups in total. The van der Waals surface area contributed by atoms with E-state index in [0.29, 0.717) is 22.8 Å². The molecule has 0 bridgehead atoms. The summed E-state index contributed by atoms with van der Waals surface area (Å²) in [6.45, 7) is 27.5. The number of carbonyl (C=O) groups is 1. The highest BCUT2D eigenvalue weighted by Gasteiger charge is 2.25. The van der Waals surface area contributed by atoms with E-state index in [1.807, 2.05) is 78.8 Å². The number of aliphatic imine (C=N–C) groups is 1. The van der Waals surface area contributed by atoms with E-state index >= 15 is 0 Å². The van der Waals surface area contributed by atoms with E-state index < -0.39 is 0 Å². The van der Waals surface area contributed by atoms with Crippen LogP contribution in [0.15, 0.2) is 100 Å². The highest BCUT2D eigenvalue weighted by atomic mass is 16.5. The summed E-state index contributed by atoms with van der Waals surface area (Å²) in [4.78, 5) is 19.1. The Labute approximate surface area is 283 Å². The zero-order valence-corrected chi connectivity index (χ0v) is 29.9. The number of ether oxygens (including phenoxy) is 1. The second-order valence-corrected chi connectivity index (χ2v) is 13.0. The van der Waals surface area contributed by atoms with Gasteiger partial charge in [-0.3, -0.25) is 4.79 Å². The quantitative estimate of drug-likeness (QED) is 0.102. The van der Waals surface area contributed by atoms with Crippen molar-refractivity contribution in [2.45, 2.75) is 81.1 Å². The molecule has 4 rings (SSSR count). The number of nitrogens with one attached hydrogen (secondary N) is 2. The second kappa shape index (κ2) is 17.7. The van der Waals surface area contributed by atoms with Crippen LogP contribution in [0, 0.1) is 11.8 Å². The third-order valence-electron chi connectivity index (χ3n) is 8.84. The van der Waals surface area contributed by atoms with Crippen LogP contribution in [0.1, 0.15) is 86.6 Å². The van der Waals surface area contributed by atoms with Gasteiger partial charge in [-0.25, -0.2) is 4.99 Å². The number of phenols is 1. The van der Waals surface area contributed by atoms with Crippen LogP contribution in [0.4, 0.5) is 5.69 Å². The van der Waals surface area contributed by atoms with Crippen LogP contribution >= 0.6 is 0 Å². The molecule has 1 saturated carbocycles. The molecule has 1 aliphatic carbocycles. The van der Waals surface area contributed by atoms with Crippen molar-refractivity contribution in [1.29, 1.82) is 0 Å². The van der Waals surface area contributed by atoms with Gasteiger partial charge in [0.1, 0.15) is 17.3 Å². The van der Waals surface area contributed by atoms with Gasteiger partial charge in [0, 0.05) is 49.5 Å². The minimum atomic E-state index is -0.0679. The van der Waals surface area contributed by atoms with Crippen molar-refractivity contribution >= 4 is 22.8 Å². The number of phenolic OH excluding ortho intramolecular Hbond substituents is 1. The zero-order chi connectivity index (χ0) is 34.7. The summed E-state index contributed by atoms with van der Waals surface area (Å²) in [7, 11) is 0. The van der Waals surface area contributed by atoms with E-state index in [1.165, 1.54) is 25.7 Å². The van der Waals surface area contributed by atoms with Crippen LogP contribution in [0.25, 0.3) is 5.57 Å². The van der Waals surface area contributed by atoms with E-state index in [0.717, 1.165) is 71.6 Å². The third kappa shape index (κ3) is 10.4. The van der Waals surface area contributed by atoms with Gasteiger partial charge in [0.15, 0.2) is 11.7 Å². The molecule has 3 aliphatic rings. The van der Waals surface area contributed by atoms with Crippen LogP contribution in [0.3, 0.4) is 0 Å². The van der Waals surface area contributed by atoms with Gasteiger partial charge in [-0.2, -0.15) is 0 Å².